The van der Waals surface area contributed by atoms with Gasteiger partial charge in [-0.2, -0.15) is 0 Å². The number of likely N-dealkylation sites (tertiary alicyclic amines) is 1. The van der Waals surface area contributed by atoms with Crippen LogP contribution in [-0.2, 0) is 0 Å². The topological polar surface area (TPSA) is 86.7 Å². The number of hydrogen-bond donors (Lipinski definition) is 1. The Bertz CT molecular complexity index is 1030. The number of piperidine rings is 1. The molecule has 1 N–H and O–H groups in total. The summed E-state index contributed by atoms with van der Waals surface area (Å²) in [4.78, 5) is 15.6. The highest BCUT2D eigenvalue weighted by Gasteiger charge is 2.20. The third-order valence-corrected chi connectivity index (χ3v) is 6.26. The molecule has 0 unspecified atom stereocenters. The zero-order valence-electron chi connectivity index (χ0n) is 21.6. The van der Waals surface area contributed by atoms with Gasteiger partial charge in [0.25, 0.3) is 0 Å². The Kier molecular flexibility index (Phi) is 10.5. The fourth-order valence-electron chi connectivity index (χ4n) is 4.18. The van der Waals surface area contributed by atoms with Crippen molar-refractivity contribution < 1.29 is 33.6 Å². The molecule has 1 aliphatic heterocycles. The molecule has 2 aromatic rings. The highest BCUT2D eigenvalue weighted by molar-refractivity contribution is 6.10. The lowest BCUT2D eigenvalue weighted by Crippen LogP contribution is -2.36. The smallest absolute Gasteiger partial charge is 0.193 e. The van der Waals surface area contributed by atoms with E-state index in [9.17, 15) is 9.90 Å². The zero-order valence-corrected chi connectivity index (χ0v) is 21.6. The maximum Gasteiger partial charge on any atom is 0.193 e. The Balaban J connectivity index is 1.69. The molecule has 8 heteroatoms. The molecule has 3 rings (SSSR count). The van der Waals surface area contributed by atoms with Gasteiger partial charge in [0.05, 0.1) is 41.2 Å². The van der Waals surface area contributed by atoms with E-state index < -0.39 is 0 Å². The molecule has 1 heterocycles. The number of benzene rings is 2. The molecule has 8 nitrogen and oxygen atoms in total. The third kappa shape index (κ3) is 7.38. The van der Waals surface area contributed by atoms with Gasteiger partial charge < -0.3 is 33.7 Å². The summed E-state index contributed by atoms with van der Waals surface area (Å²) in [7, 11) is 6.22. The van der Waals surface area contributed by atoms with Crippen LogP contribution in [0.15, 0.2) is 36.4 Å². The van der Waals surface area contributed by atoms with E-state index >= 15 is 0 Å². The van der Waals surface area contributed by atoms with Crippen LogP contribution in [0.3, 0.4) is 0 Å². The summed E-state index contributed by atoms with van der Waals surface area (Å²) in [5, 5.41) is 9.66. The van der Waals surface area contributed by atoms with Crippen LogP contribution in [0, 0.1) is 0 Å². The number of hydrogen-bond acceptors (Lipinski definition) is 8. The molecule has 2 aromatic carbocycles. The summed E-state index contributed by atoms with van der Waals surface area (Å²) in [5.41, 5.74) is 1.14. The summed E-state index contributed by atoms with van der Waals surface area (Å²) in [6.07, 6.45) is 6.53. The molecular formula is C28H37NO7. The minimum Gasteiger partial charge on any atom is -0.496 e. The Hall–Kier alpha value is -3.23. The van der Waals surface area contributed by atoms with Crippen molar-refractivity contribution in [2.75, 3.05) is 54.7 Å². The van der Waals surface area contributed by atoms with Gasteiger partial charge in [-0.3, -0.25) is 4.79 Å². The van der Waals surface area contributed by atoms with Crippen LogP contribution in [0.25, 0.3) is 6.08 Å². The van der Waals surface area contributed by atoms with Crippen LogP contribution in [0.1, 0.15) is 41.6 Å². The maximum atomic E-state index is 13.2. The molecular weight excluding hydrogens is 462 g/mol. The molecule has 0 saturated carbocycles. The van der Waals surface area contributed by atoms with E-state index in [0.717, 1.165) is 50.9 Å². The van der Waals surface area contributed by atoms with Gasteiger partial charge in [-0.05, 0) is 56.0 Å². The van der Waals surface area contributed by atoms with Crippen molar-refractivity contribution >= 4 is 11.9 Å². The quantitative estimate of drug-likeness (QED) is 0.249. The van der Waals surface area contributed by atoms with Crippen LogP contribution in [0.2, 0.25) is 0 Å². The Labute approximate surface area is 213 Å². The number of carbonyl (C=O) groups excluding carboxylic acids is 1. The van der Waals surface area contributed by atoms with Gasteiger partial charge in [0.15, 0.2) is 17.3 Å². The van der Waals surface area contributed by atoms with Crippen LogP contribution in [0.5, 0.6) is 28.7 Å². The van der Waals surface area contributed by atoms with Crippen molar-refractivity contribution in [3.63, 3.8) is 0 Å². The van der Waals surface area contributed by atoms with E-state index in [2.05, 4.69) is 4.90 Å². The lowest BCUT2D eigenvalue weighted by atomic mass is 10.1. The largest absolute Gasteiger partial charge is 0.496 e. The fourth-order valence-corrected chi connectivity index (χ4v) is 4.18. The van der Waals surface area contributed by atoms with Gasteiger partial charge in [-0.25, -0.2) is 0 Å². The van der Waals surface area contributed by atoms with E-state index in [-0.39, 0.29) is 11.9 Å². The normalized spacial score (nSPS) is 14.6. The van der Waals surface area contributed by atoms with E-state index in [1.54, 1.807) is 51.7 Å². The first-order valence-electron chi connectivity index (χ1n) is 12.2. The number of carbonyl (C=O) groups is 1. The van der Waals surface area contributed by atoms with Crippen molar-refractivity contribution in [1.82, 2.24) is 4.90 Å². The number of methoxy groups -OCH3 is 4. The molecule has 0 atom stereocenters. The number of ketones is 1. The number of allylic oxidation sites excluding steroid dienone is 1. The van der Waals surface area contributed by atoms with Crippen molar-refractivity contribution in [2.24, 2.45) is 0 Å². The number of ether oxygens (including phenoxy) is 5. The summed E-state index contributed by atoms with van der Waals surface area (Å²) in [6, 6.07) is 8.82. The van der Waals surface area contributed by atoms with Crippen LogP contribution < -0.4 is 23.7 Å². The lowest BCUT2D eigenvalue weighted by Gasteiger charge is -2.29. The third-order valence-electron chi connectivity index (χ3n) is 6.26. The van der Waals surface area contributed by atoms with Gasteiger partial charge in [-0.1, -0.05) is 12.1 Å². The van der Waals surface area contributed by atoms with Crippen molar-refractivity contribution in [2.45, 2.75) is 31.8 Å². The first-order valence-corrected chi connectivity index (χ1v) is 12.2. The molecule has 0 amide bonds. The SMILES string of the molecule is COc1cc(OC)c(C(=O)C=Cc2ccc(OC)c(OC)c2)c(OCCCCN2CCC(O)CC2)c1. The molecule has 1 aliphatic rings. The number of aliphatic hydroxyl groups is 1. The minimum absolute atomic E-state index is 0.163. The lowest BCUT2D eigenvalue weighted by molar-refractivity contribution is 0.0812. The molecule has 0 aliphatic carbocycles. The van der Waals surface area contributed by atoms with Crippen molar-refractivity contribution in [1.29, 1.82) is 0 Å². The average molecular weight is 500 g/mol. The molecule has 1 fully saturated rings. The van der Waals surface area contributed by atoms with Gasteiger partial charge in [0.2, 0.25) is 0 Å². The van der Waals surface area contributed by atoms with E-state index in [0.29, 0.717) is 40.9 Å². The highest BCUT2D eigenvalue weighted by Crippen LogP contribution is 2.35. The van der Waals surface area contributed by atoms with Crippen LogP contribution >= 0.6 is 0 Å². The van der Waals surface area contributed by atoms with E-state index in [4.69, 9.17) is 23.7 Å². The second-order valence-corrected chi connectivity index (χ2v) is 8.64. The van der Waals surface area contributed by atoms with Crippen LogP contribution in [-0.4, -0.2) is 76.6 Å². The minimum atomic E-state index is -0.244. The summed E-state index contributed by atoms with van der Waals surface area (Å²) in [5.74, 6) is 2.32. The van der Waals surface area contributed by atoms with Gasteiger partial charge in [-0.15, -0.1) is 0 Å². The second kappa shape index (κ2) is 13.8. The monoisotopic (exact) mass is 499 g/mol. The van der Waals surface area contributed by atoms with Crippen molar-refractivity contribution in [3.05, 3.63) is 47.5 Å². The van der Waals surface area contributed by atoms with E-state index in [1.807, 2.05) is 6.07 Å². The number of aliphatic hydroxyl groups excluding tert-OH is 1. The number of unbranched alkanes of at least 4 members (excludes halogenated alkanes) is 1. The fraction of sp³-hybridized carbons (Fsp3) is 0.464. The molecule has 36 heavy (non-hydrogen) atoms. The molecule has 0 radical (unpaired) electrons. The summed E-state index contributed by atoms with van der Waals surface area (Å²) < 4.78 is 27.6. The zero-order chi connectivity index (χ0) is 25.9. The van der Waals surface area contributed by atoms with Gasteiger partial charge in [0.1, 0.15) is 22.8 Å². The summed E-state index contributed by atoms with van der Waals surface area (Å²) >= 11 is 0. The molecule has 0 aromatic heterocycles. The summed E-state index contributed by atoms with van der Waals surface area (Å²) in [6.45, 7) is 3.30. The average Bonchev–Trinajstić information content (AvgIpc) is 2.91. The standard InChI is InChI=1S/C28H37NO7/c1-32-22-18-26(35-4)28(23(31)9-7-20-8-10-24(33-2)25(17-20)34-3)27(19-22)36-16-6-5-13-29-14-11-21(30)12-15-29/h7-10,17-19,21,30H,5-6,11-16H2,1-4H3. The molecule has 1 saturated heterocycles. The van der Waals surface area contributed by atoms with E-state index in [1.165, 1.54) is 13.2 Å². The maximum absolute atomic E-state index is 13.2. The first kappa shape index (κ1) is 27.4. The second-order valence-electron chi connectivity index (χ2n) is 8.64. The van der Waals surface area contributed by atoms with Crippen LogP contribution in [0.4, 0.5) is 0 Å². The number of rotatable bonds is 13. The Morgan fingerprint density at radius 3 is 2.28 bits per heavy atom. The Morgan fingerprint density at radius 1 is 0.917 bits per heavy atom. The first-order chi connectivity index (χ1) is 17.5. The molecule has 196 valence electrons. The van der Waals surface area contributed by atoms with Gasteiger partial charge in [0, 0.05) is 25.2 Å². The predicted molar refractivity (Wildman–Crippen MR) is 139 cm³/mol. The Morgan fingerprint density at radius 2 is 1.61 bits per heavy atom. The molecule has 0 spiro atoms. The molecule has 0 bridgehead atoms. The van der Waals surface area contributed by atoms with Gasteiger partial charge >= 0.3 is 0 Å². The number of nitrogens with zero attached hydrogens (tertiary/aromatic N) is 1. The van der Waals surface area contributed by atoms with Crippen molar-refractivity contribution in [3.8, 4) is 28.7 Å². The highest BCUT2D eigenvalue weighted by atomic mass is 16.5. The predicted octanol–water partition coefficient (Wildman–Crippen LogP) is 4.23.